The van der Waals surface area contributed by atoms with Crippen LogP contribution in [0.2, 0.25) is 0 Å². The first kappa shape index (κ1) is 10.5. The van der Waals surface area contributed by atoms with Crippen LogP contribution in [0.5, 0.6) is 0 Å². The molecule has 2 nitrogen and oxygen atoms in total. The van der Waals surface area contributed by atoms with Crippen LogP contribution in [0.25, 0.3) is 0 Å². The van der Waals surface area contributed by atoms with Gasteiger partial charge in [-0.25, -0.2) is 0 Å². The molecular weight excluding hydrogens is 212 g/mol. The van der Waals surface area contributed by atoms with Crippen LogP contribution in [0.1, 0.15) is 28.6 Å². The number of hydrogen-bond donors (Lipinski definition) is 2. The van der Waals surface area contributed by atoms with Crippen molar-refractivity contribution in [2.45, 2.75) is 31.1 Å². The van der Waals surface area contributed by atoms with Gasteiger partial charge >= 0.3 is 0 Å². The lowest BCUT2D eigenvalue weighted by Crippen LogP contribution is -2.33. The van der Waals surface area contributed by atoms with Crippen molar-refractivity contribution in [2.75, 3.05) is 5.75 Å². The molecule has 1 aliphatic rings. The molecule has 0 saturated carbocycles. The number of rotatable bonds is 3. The maximum absolute atomic E-state index is 5.64. The van der Waals surface area contributed by atoms with E-state index >= 15 is 0 Å². The molecule has 1 fully saturated rings. The van der Waals surface area contributed by atoms with Gasteiger partial charge in [-0.15, -0.1) is 11.3 Å². The number of nitrogens with one attached hydrogen (secondary N) is 1. The fourth-order valence-corrected chi connectivity index (χ4v) is 4.34. The van der Waals surface area contributed by atoms with E-state index in [-0.39, 0.29) is 0 Å². The van der Waals surface area contributed by atoms with E-state index in [0.717, 1.165) is 0 Å². The number of hydrazine groups is 1. The molecule has 2 heterocycles. The Morgan fingerprint density at radius 3 is 2.93 bits per heavy atom. The van der Waals surface area contributed by atoms with Crippen LogP contribution in [0.4, 0.5) is 0 Å². The average molecular weight is 228 g/mol. The highest BCUT2D eigenvalue weighted by Gasteiger charge is 2.26. The fraction of sp³-hybridized carbons (Fsp3) is 0.600. The zero-order valence-corrected chi connectivity index (χ0v) is 9.96. The Morgan fingerprint density at radius 1 is 1.57 bits per heavy atom. The zero-order valence-electron chi connectivity index (χ0n) is 8.32. The number of thiophene rings is 1. The third kappa shape index (κ3) is 2.14. The molecule has 0 aromatic carbocycles. The van der Waals surface area contributed by atoms with E-state index in [0.29, 0.717) is 11.3 Å². The molecule has 14 heavy (non-hydrogen) atoms. The van der Waals surface area contributed by atoms with Gasteiger partial charge in [0.25, 0.3) is 0 Å². The Morgan fingerprint density at radius 2 is 2.43 bits per heavy atom. The normalized spacial score (nSPS) is 24.0. The number of thioether (sulfide) groups is 1. The van der Waals surface area contributed by atoms with E-state index in [9.17, 15) is 0 Å². The molecule has 2 unspecified atom stereocenters. The first-order valence-electron chi connectivity index (χ1n) is 4.95. The molecule has 0 bridgehead atoms. The van der Waals surface area contributed by atoms with Crippen LogP contribution in [0.3, 0.4) is 0 Å². The minimum atomic E-state index is 0.348. The Balaban J connectivity index is 2.12. The van der Waals surface area contributed by atoms with Crippen molar-refractivity contribution in [2.24, 2.45) is 5.84 Å². The van der Waals surface area contributed by atoms with Crippen molar-refractivity contribution < 1.29 is 0 Å². The second kappa shape index (κ2) is 4.66. The van der Waals surface area contributed by atoms with E-state index in [4.69, 9.17) is 5.84 Å². The van der Waals surface area contributed by atoms with E-state index in [2.05, 4.69) is 24.5 Å². The number of nitrogens with two attached hydrogens (primary N) is 1. The Bertz CT molecular complexity index is 292. The van der Waals surface area contributed by atoms with Crippen molar-refractivity contribution in [3.05, 3.63) is 21.9 Å². The highest BCUT2D eigenvalue weighted by Crippen LogP contribution is 2.37. The van der Waals surface area contributed by atoms with Crippen molar-refractivity contribution in [1.82, 2.24) is 5.43 Å². The summed E-state index contributed by atoms with van der Waals surface area (Å²) in [6, 6.07) is 4.72. The van der Waals surface area contributed by atoms with Crippen molar-refractivity contribution in [3.8, 4) is 0 Å². The SMILES string of the molecule is Cc1ccc(C(NN)C2CCCS2)s1. The van der Waals surface area contributed by atoms with Crippen LogP contribution < -0.4 is 11.3 Å². The molecule has 0 aliphatic carbocycles. The maximum Gasteiger partial charge on any atom is 0.0671 e. The smallest absolute Gasteiger partial charge is 0.0671 e. The van der Waals surface area contributed by atoms with E-state index in [1.165, 1.54) is 28.3 Å². The van der Waals surface area contributed by atoms with Gasteiger partial charge in [0, 0.05) is 15.0 Å². The van der Waals surface area contributed by atoms with Crippen LogP contribution in [-0.4, -0.2) is 11.0 Å². The lowest BCUT2D eigenvalue weighted by molar-refractivity contribution is 0.528. The second-order valence-electron chi connectivity index (χ2n) is 3.64. The predicted octanol–water partition coefficient (Wildman–Crippen LogP) is 2.46. The van der Waals surface area contributed by atoms with Crippen molar-refractivity contribution in [1.29, 1.82) is 0 Å². The lowest BCUT2D eigenvalue weighted by atomic mass is 10.1. The minimum absolute atomic E-state index is 0.348. The van der Waals surface area contributed by atoms with Crippen LogP contribution in [0, 0.1) is 6.92 Å². The summed E-state index contributed by atoms with van der Waals surface area (Å²) in [5.74, 6) is 6.92. The van der Waals surface area contributed by atoms with Crippen molar-refractivity contribution >= 4 is 23.1 Å². The van der Waals surface area contributed by atoms with Gasteiger partial charge in [-0.3, -0.25) is 11.3 Å². The topological polar surface area (TPSA) is 38.0 Å². The van der Waals surface area contributed by atoms with Gasteiger partial charge < -0.3 is 0 Å². The van der Waals surface area contributed by atoms with Gasteiger partial charge in [0.1, 0.15) is 0 Å². The fourth-order valence-electron chi connectivity index (χ4n) is 1.86. The Hall–Kier alpha value is -0.0300. The van der Waals surface area contributed by atoms with Crippen LogP contribution >= 0.6 is 23.1 Å². The molecule has 1 aromatic rings. The largest absolute Gasteiger partial charge is 0.271 e. The lowest BCUT2D eigenvalue weighted by Gasteiger charge is -2.20. The van der Waals surface area contributed by atoms with E-state index in [1.807, 2.05) is 23.1 Å². The third-order valence-electron chi connectivity index (χ3n) is 2.58. The van der Waals surface area contributed by atoms with E-state index < -0.39 is 0 Å². The van der Waals surface area contributed by atoms with Gasteiger partial charge in [0.15, 0.2) is 0 Å². The third-order valence-corrected chi connectivity index (χ3v) is 5.13. The first-order valence-corrected chi connectivity index (χ1v) is 6.82. The average Bonchev–Trinajstić information content (AvgIpc) is 2.79. The molecule has 1 aliphatic heterocycles. The summed E-state index contributed by atoms with van der Waals surface area (Å²) < 4.78 is 0. The summed E-state index contributed by atoms with van der Waals surface area (Å²) in [7, 11) is 0. The highest BCUT2D eigenvalue weighted by molar-refractivity contribution is 8.00. The molecule has 1 saturated heterocycles. The van der Waals surface area contributed by atoms with Gasteiger partial charge in [-0.1, -0.05) is 0 Å². The van der Waals surface area contributed by atoms with Gasteiger partial charge in [-0.2, -0.15) is 11.8 Å². The molecule has 0 amide bonds. The quantitative estimate of drug-likeness (QED) is 0.616. The number of hydrogen-bond acceptors (Lipinski definition) is 4. The highest BCUT2D eigenvalue weighted by atomic mass is 32.2. The van der Waals surface area contributed by atoms with Crippen LogP contribution in [0.15, 0.2) is 12.1 Å². The van der Waals surface area contributed by atoms with Gasteiger partial charge in [-0.05, 0) is 37.7 Å². The summed E-state index contributed by atoms with van der Waals surface area (Å²) in [5, 5.41) is 0.665. The monoisotopic (exact) mass is 228 g/mol. The summed E-state index contributed by atoms with van der Waals surface area (Å²) >= 11 is 3.89. The molecule has 78 valence electrons. The Kier molecular flexibility index (Phi) is 3.49. The van der Waals surface area contributed by atoms with Crippen molar-refractivity contribution in [3.63, 3.8) is 0 Å². The molecule has 0 radical (unpaired) electrons. The minimum Gasteiger partial charge on any atom is -0.271 e. The van der Waals surface area contributed by atoms with E-state index in [1.54, 1.807) is 0 Å². The first-order chi connectivity index (χ1) is 6.81. The molecule has 2 rings (SSSR count). The molecule has 0 spiro atoms. The number of aryl methyl sites for hydroxylation is 1. The standard InChI is InChI=1S/C10H16N2S2/c1-7-4-5-9(14-7)10(12-11)8-3-2-6-13-8/h4-5,8,10,12H,2-3,6,11H2,1H3. The predicted molar refractivity (Wildman–Crippen MR) is 64.6 cm³/mol. The maximum atomic E-state index is 5.64. The molecule has 1 aromatic heterocycles. The summed E-state index contributed by atoms with van der Waals surface area (Å²) in [4.78, 5) is 2.74. The molecule has 3 N–H and O–H groups in total. The van der Waals surface area contributed by atoms with Gasteiger partial charge in [0.05, 0.1) is 6.04 Å². The second-order valence-corrected chi connectivity index (χ2v) is 6.31. The zero-order chi connectivity index (χ0) is 9.97. The Labute approximate surface area is 93.2 Å². The molecule has 4 heteroatoms. The molecular formula is C10H16N2S2. The van der Waals surface area contributed by atoms with Gasteiger partial charge in [0.2, 0.25) is 0 Å². The summed E-state index contributed by atoms with van der Waals surface area (Å²) in [6.45, 7) is 2.14. The van der Waals surface area contributed by atoms with Crippen LogP contribution in [-0.2, 0) is 0 Å². The summed E-state index contributed by atoms with van der Waals surface area (Å²) in [5.41, 5.74) is 2.96. The summed E-state index contributed by atoms with van der Waals surface area (Å²) in [6.07, 6.45) is 2.62. The molecule has 2 atom stereocenters.